The second-order valence-corrected chi connectivity index (χ2v) is 5.17. The third kappa shape index (κ3) is 2.72. The molecule has 0 amide bonds. The van der Waals surface area contributed by atoms with Crippen LogP contribution in [-0.2, 0) is 5.41 Å². The molecule has 0 aromatic heterocycles. The first-order valence-corrected chi connectivity index (χ1v) is 5.47. The van der Waals surface area contributed by atoms with Crippen molar-refractivity contribution in [1.29, 1.82) is 0 Å². The van der Waals surface area contributed by atoms with Gasteiger partial charge in [0.05, 0.1) is 5.69 Å². The SMILES string of the molecule is CNNc1ccc(C(C)(C)C)cc1Br. The average molecular weight is 257 g/mol. The average Bonchev–Trinajstić information content (AvgIpc) is 2.07. The van der Waals surface area contributed by atoms with Crippen LogP contribution in [0.1, 0.15) is 26.3 Å². The standard InChI is InChI=1S/C11H17BrN2/c1-11(2,3)8-5-6-10(14-13-4)9(12)7-8/h5-7,13-14H,1-4H3. The summed E-state index contributed by atoms with van der Waals surface area (Å²) in [7, 11) is 1.85. The molecule has 2 nitrogen and oxygen atoms in total. The van der Waals surface area contributed by atoms with E-state index in [1.165, 1.54) is 5.56 Å². The molecule has 1 aromatic rings. The van der Waals surface area contributed by atoms with Crippen LogP contribution in [-0.4, -0.2) is 7.05 Å². The Morgan fingerprint density at radius 2 is 1.86 bits per heavy atom. The molecule has 0 fully saturated rings. The summed E-state index contributed by atoms with van der Waals surface area (Å²) >= 11 is 3.54. The zero-order chi connectivity index (χ0) is 10.8. The second-order valence-electron chi connectivity index (χ2n) is 4.32. The summed E-state index contributed by atoms with van der Waals surface area (Å²) in [6.07, 6.45) is 0. The van der Waals surface area contributed by atoms with Gasteiger partial charge in [0.15, 0.2) is 0 Å². The molecule has 0 bridgehead atoms. The normalized spacial score (nSPS) is 11.5. The number of rotatable bonds is 2. The van der Waals surface area contributed by atoms with Crippen molar-refractivity contribution >= 4 is 21.6 Å². The molecule has 2 N–H and O–H groups in total. The lowest BCUT2D eigenvalue weighted by Crippen LogP contribution is -2.16. The first-order chi connectivity index (χ1) is 6.45. The summed E-state index contributed by atoms with van der Waals surface area (Å²) in [5.74, 6) is 0. The Balaban J connectivity index is 3.01. The number of anilines is 1. The maximum atomic E-state index is 3.54. The predicted molar refractivity (Wildman–Crippen MR) is 65.5 cm³/mol. The van der Waals surface area contributed by atoms with E-state index < -0.39 is 0 Å². The highest BCUT2D eigenvalue weighted by atomic mass is 79.9. The van der Waals surface area contributed by atoms with E-state index in [1.54, 1.807) is 0 Å². The summed E-state index contributed by atoms with van der Waals surface area (Å²) in [5, 5.41) is 0. The van der Waals surface area contributed by atoms with E-state index in [-0.39, 0.29) is 5.41 Å². The van der Waals surface area contributed by atoms with Gasteiger partial charge in [0.2, 0.25) is 0 Å². The van der Waals surface area contributed by atoms with E-state index in [2.05, 4.69) is 65.8 Å². The van der Waals surface area contributed by atoms with Crippen molar-refractivity contribution in [3.8, 4) is 0 Å². The van der Waals surface area contributed by atoms with E-state index >= 15 is 0 Å². The number of hydrogen-bond acceptors (Lipinski definition) is 2. The predicted octanol–water partition coefficient (Wildman–Crippen LogP) is 3.29. The summed E-state index contributed by atoms with van der Waals surface area (Å²) in [5.41, 5.74) is 8.54. The van der Waals surface area contributed by atoms with Gasteiger partial charge >= 0.3 is 0 Å². The van der Waals surface area contributed by atoms with E-state index in [0.29, 0.717) is 0 Å². The zero-order valence-electron chi connectivity index (χ0n) is 9.11. The Hall–Kier alpha value is -0.540. The van der Waals surface area contributed by atoms with Crippen LogP contribution in [0.4, 0.5) is 5.69 Å². The van der Waals surface area contributed by atoms with Crippen LogP contribution in [0, 0.1) is 0 Å². The Morgan fingerprint density at radius 3 is 2.29 bits per heavy atom. The molecule has 0 spiro atoms. The van der Waals surface area contributed by atoms with E-state index in [9.17, 15) is 0 Å². The lowest BCUT2D eigenvalue weighted by Gasteiger charge is -2.20. The number of nitrogens with one attached hydrogen (secondary N) is 2. The number of halogens is 1. The molecule has 0 aliphatic rings. The molecule has 0 radical (unpaired) electrons. The van der Waals surface area contributed by atoms with Crippen molar-refractivity contribution in [3.63, 3.8) is 0 Å². The molecule has 0 aliphatic carbocycles. The highest BCUT2D eigenvalue weighted by Crippen LogP contribution is 2.29. The lowest BCUT2D eigenvalue weighted by atomic mass is 9.87. The lowest BCUT2D eigenvalue weighted by molar-refractivity contribution is 0.590. The molecule has 1 rings (SSSR count). The number of hydrogen-bond donors (Lipinski definition) is 2. The second kappa shape index (κ2) is 4.32. The highest BCUT2D eigenvalue weighted by Gasteiger charge is 2.14. The third-order valence-electron chi connectivity index (χ3n) is 2.09. The minimum absolute atomic E-state index is 0.195. The first-order valence-electron chi connectivity index (χ1n) is 4.68. The largest absolute Gasteiger partial charge is 0.321 e. The molecule has 0 saturated carbocycles. The van der Waals surface area contributed by atoms with Crippen molar-refractivity contribution in [3.05, 3.63) is 28.2 Å². The summed E-state index contributed by atoms with van der Waals surface area (Å²) in [6.45, 7) is 6.62. The summed E-state index contributed by atoms with van der Waals surface area (Å²) < 4.78 is 1.08. The molecule has 3 heteroatoms. The number of benzene rings is 1. The molecule has 78 valence electrons. The van der Waals surface area contributed by atoms with Crippen LogP contribution in [0.2, 0.25) is 0 Å². The molecule has 0 heterocycles. The minimum atomic E-state index is 0.195. The van der Waals surface area contributed by atoms with E-state index in [0.717, 1.165) is 10.2 Å². The summed E-state index contributed by atoms with van der Waals surface area (Å²) in [4.78, 5) is 0. The monoisotopic (exact) mass is 256 g/mol. The molecular weight excluding hydrogens is 240 g/mol. The van der Waals surface area contributed by atoms with Gasteiger partial charge in [0.1, 0.15) is 0 Å². The Morgan fingerprint density at radius 1 is 1.21 bits per heavy atom. The van der Waals surface area contributed by atoms with Gasteiger partial charge in [0.25, 0.3) is 0 Å². The molecular formula is C11H17BrN2. The van der Waals surface area contributed by atoms with Crippen LogP contribution in [0.5, 0.6) is 0 Å². The fourth-order valence-electron chi connectivity index (χ4n) is 1.22. The molecule has 1 aromatic carbocycles. The molecule has 0 unspecified atom stereocenters. The van der Waals surface area contributed by atoms with Crippen LogP contribution < -0.4 is 10.9 Å². The number of hydrazine groups is 1. The van der Waals surface area contributed by atoms with Gasteiger partial charge in [-0.2, -0.15) is 0 Å². The van der Waals surface area contributed by atoms with Crippen LogP contribution in [0.15, 0.2) is 22.7 Å². The Labute approximate surface area is 94.2 Å². The van der Waals surface area contributed by atoms with Crippen molar-refractivity contribution in [2.45, 2.75) is 26.2 Å². The smallest absolute Gasteiger partial charge is 0.0629 e. The zero-order valence-corrected chi connectivity index (χ0v) is 10.7. The van der Waals surface area contributed by atoms with Crippen LogP contribution in [0.3, 0.4) is 0 Å². The third-order valence-corrected chi connectivity index (χ3v) is 2.75. The highest BCUT2D eigenvalue weighted by molar-refractivity contribution is 9.10. The molecule has 0 saturated heterocycles. The van der Waals surface area contributed by atoms with Gasteiger partial charge < -0.3 is 5.43 Å². The molecule has 0 aliphatic heterocycles. The van der Waals surface area contributed by atoms with Gasteiger partial charge in [-0.1, -0.05) is 26.8 Å². The fourth-order valence-corrected chi connectivity index (χ4v) is 1.70. The summed E-state index contributed by atoms with van der Waals surface area (Å²) in [6, 6.07) is 6.37. The van der Waals surface area contributed by atoms with Gasteiger partial charge in [0, 0.05) is 11.5 Å². The van der Waals surface area contributed by atoms with Crippen molar-refractivity contribution in [1.82, 2.24) is 5.43 Å². The van der Waals surface area contributed by atoms with Crippen LogP contribution in [0.25, 0.3) is 0 Å². The van der Waals surface area contributed by atoms with E-state index in [4.69, 9.17) is 0 Å². The maximum Gasteiger partial charge on any atom is 0.0629 e. The Bertz CT molecular complexity index is 316. The van der Waals surface area contributed by atoms with Gasteiger partial charge in [-0.05, 0) is 39.0 Å². The van der Waals surface area contributed by atoms with Gasteiger partial charge in [-0.25, -0.2) is 5.43 Å². The molecule has 14 heavy (non-hydrogen) atoms. The van der Waals surface area contributed by atoms with Crippen LogP contribution >= 0.6 is 15.9 Å². The first kappa shape index (κ1) is 11.5. The maximum absolute atomic E-state index is 3.54. The van der Waals surface area contributed by atoms with Gasteiger partial charge in [-0.15, -0.1) is 0 Å². The van der Waals surface area contributed by atoms with Gasteiger partial charge in [-0.3, -0.25) is 0 Å². The minimum Gasteiger partial charge on any atom is -0.321 e. The fraction of sp³-hybridized carbons (Fsp3) is 0.455. The Kier molecular flexibility index (Phi) is 3.56. The van der Waals surface area contributed by atoms with Crippen molar-refractivity contribution < 1.29 is 0 Å². The topological polar surface area (TPSA) is 24.1 Å². The van der Waals surface area contributed by atoms with E-state index in [1.807, 2.05) is 7.05 Å². The quantitative estimate of drug-likeness (QED) is 0.794. The van der Waals surface area contributed by atoms with Crippen molar-refractivity contribution in [2.24, 2.45) is 0 Å². The molecule has 0 atom stereocenters. The van der Waals surface area contributed by atoms with Crippen molar-refractivity contribution in [2.75, 3.05) is 12.5 Å².